The van der Waals surface area contributed by atoms with Gasteiger partial charge in [0.05, 0.1) is 12.6 Å². The molecule has 0 aliphatic heterocycles. The normalized spacial score (nSPS) is 14.5. The van der Waals surface area contributed by atoms with Gasteiger partial charge in [0.25, 0.3) is 5.91 Å². The number of hydrogen-bond acceptors (Lipinski definition) is 8. The van der Waals surface area contributed by atoms with E-state index in [1.165, 1.54) is 6.92 Å². The third-order valence-corrected chi connectivity index (χ3v) is 10.4. The van der Waals surface area contributed by atoms with Gasteiger partial charge in [0.1, 0.15) is 23.9 Å². The lowest BCUT2D eigenvalue weighted by atomic mass is 9.83. The van der Waals surface area contributed by atoms with E-state index >= 15 is 0 Å². The molecule has 4 aromatic carbocycles. The predicted octanol–water partition coefficient (Wildman–Crippen LogP) is 3.97. The Hall–Kier alpha value is -6.31. The van der Waals surface area contributed by atoms with Crippen molar-refractivity contribution in [2.45, 2.75) is 95.8 Å². The Morgan fingerprint density at radius 2 is 1.15 bits per heavy atom. The van der Waals surface area contributed by atoms with Crippen LogP contribution in [0.4, 0.5) is 9.59 Å². The SMILES string of the molecule is [B]C(=O)N[C@@H](Cc1ccc2ccccc2c1)C(=O)O.[B]C(=O)N[C@H](C(=O)N[C@@H](Cc1ccc2ccccc2c1)C(=O)NC(CCC)C(=O)C(=O)NCC(C)=O)C1CCCCC1. The fraction of sp³-hybridized carbons (Fsp3) is 0.378. The highest BCUT2D eigenvalue weighted by molar-refractivity contribution is 6.57. The molecular formula is C45H51B2N5O9. The van der Waals surface area contributed by atoms with Crippen molar-refractivity contribution in [3.05, 3.63) is 96.1 Å². The first-order valence-electron chi connectivity index (χ1n) is 20.4. The van der Waals surface area contributed by atoms with Gasteiger partial charge in [-0.1, -0.05) is 118 Å². The molecule has 14 nitrogen and oxygen atoms in total. The molecule has 16 heteroatoms. The van der Waals surface area contributed by atoms with Crippen LogP contribution in [0.5, 0.6) is 0 Å². The Labute approximate surface area is 357 Å². The number of fused-ring (bicyclic) bond motifs is 2. The zero-order valence-electron chi connectivity index (χ0n) is 34.4. The standard InChI is InChI=1S/C31H39BN4O6.C14H12BNO3/c1-3-9-24(27(38)30(41)33-18-19(2)37)34-28(39)25(17-20-14-15-21-10-7-8-13-23(21)16-20)35-29(40)26(36-31(32)42)22-11-5-4-6-12-22;15-14(19)16-12(13(17)18)8-9-5-6-10-3-1-2-4-11(10)7-9/h7-8,10,13-16,22,24-26H,3-6,9,11-12,17-18H2,1-2H3,(H,33,41)(H,34,39)(H,35,40)(H,36,42);1-7,12H,8H2,(H,16,19)(H,17,18)/t24?,25-,26-;12-/m00/s1. The lowest BCUT2D eigenvalue weighted by molar-refractivity contribution is -0.141. The summed E-state index contributed by atoms with van der Waals surface area (Å²) in [7, 11) is 10.4. The molecule has 316 valence electrons. The molecule has 0 aromatic heterocycles. The van der Waals surface area contributed by atoms with Gasteiger partial charge < -0.3 is 31.7 Å². The fourth-order valence-corrected chi connectivity index (χ4v) is 7.34. The smallest absolute Gasteiger partial charge is 0.326 e. The first kappa shape index (κ1) is 47.4. The molecule has 1 unspecified atom stereocenters. The number of carbonyl (C=O) groups is 8. The van der Waals surface area contributed by atoms with Crippen LogP contribution in [0.3, 0.4) is 0 Å². The van der Waals surface area contributed by atoms with Crippen LogP contribution in [0.25, 0.3) is 21.5 Å². The van der Waals surface area contributed by atoms with Gasteiger partial charge in [0.15, 0.2) is 11.6 Å². The highest BCUT2D eigenvalue weighted by Gasteiger charge is 2.34. The van der Waals surface area contributed by atoms with Crippen LogP contribution in [0.1, 0.15) is 69.9 Å². The minimum absolute atomic E-state index is 0.0972. The molecule has 4 aromatic rings. The third kappa shape index (κ3) is 15.0. The van der Waals surface area contributed by atoms with Gasteiger partial charge in [-0.15, -0.1) is 0 Å². The van der Waals surface area contributed by atoms with E-state index in [1.807, 2.05) is 84.9 Å². The molecule has 0 spiro atoms. The van der Waals surface area contributed by atoms with Crippen LogP contribution in [0.2, 0.25) is 0 Å². The number of carboxylic acids is 1. The average molecular weight is 828 g/mol. The van der Waals surface area contributed by atoms with Gasteiger partial charge in [-0.3, -0.25) is 33.6 Å². The van der Waals surface area contributed by atoms with Gasteiger partial charge in [-0.05, 0) is 64.8 Å². The van der Waals surface area contributed by atoms with Gasteiger partial charge in [0.2, 0.25) is 33.3 Å². The Morgan fingerprint density at radius 1 is 0.639 bits per heavy atom. The van der Waals surface area contributed by atoms with E-state index in [2.05, 4.69) is 26.6 Å². The summed E-state index contributed by atoms with van der Waals surface area (Å²) in [6.45, 7) is 2.79. The zero-order chi connectivity index (χ0) is 44.5. The minimum atomic E-state index is -1.15. The lowest BCUT2D eigenvalue weighted by Gasteiger charge is -2.31. The van der Waals surface area contributed by atoms with Crippen LogP contribution in [0.15, 0.2) is 84.9 Å². The molecule has 4 atom stereocenters. The van der Waals surface area contributed by atoms with Gasteiger partial charge in [-0.25, -0.2) is 4.79 Å². The number of ketones is 2. The summed E-state index contributed by atoms with van der Waals surface area (Å²) in [6, 6.07) is 22.7. The van der Waals surface area contributed by atoms with Crippen LogP contribution in [-0.2, 0) is 41.6 Å². The molecule has 5 amide bonds. The minimum Gasteiger partial charge on any atom is -0.480 e. The van der Waals surface area contributed by atoms with E-state index in [-0.39, 0.29) is 37.5 Å². The summed E-state index contributed by atoms with van der Waals surface area (Å²) in [5, 5.41) is 25.6. The van der Waals surface area contributed by atoms with Crippen molar-refractivity contribution < 1.29 is 43.5 Å². The molecule has 0 heterocycles. The van der Waals surface area contributed by atoms with Gasteiger partial charge >= 0.3 is 5.97 Å². The highest BCUT2D eigenvalue weighted by atomic mass is 16.4. The second-order valence-electron chi connectivity index (χ2n) is 15.2. The molecule has 61 heavy (non-hydrogen) atoms. The van der Waals surface area contributed by atoms with Crippen molar-refractivity contribution in [2.24, 2.45) is 5.92 Å². The van der Waals surface area contributed by atoms with Crippen LogP contribution in [-0.4, -0.2) is 98.4 Å². The lowest BCUT2D eigenvalue weighted by Crippen LogP contribution is -2.58. The molecule has 4 radical (unpaired) electrons. The van der Waals surface area contributed by atoms with Crippen molar-refractivity contribution in [3.8, 4) is 0 Å². The molecule has 6 N–H and O–H groups in total. The van der Waals surface area contributed by atoms with E-state index in [1.54, 1.807) is 6.92 Å². The monoisotopic (exact) mass is 827 g/mol. The number of rotatable bonds is 18. The molecule has 1 aliphatic carbocycles. The van der Waals surface area contributed by atoms with Crippen molar-refractivity contribution in [2.75, 3.05) is 6.54 Å². The molecule has 1 fully saturated rings. The number of carboxylic acid groups (broad SMARTS) is 1. The van der Waals surface area contributed by atoms with Crippen LogP contribution >= 0.6 is 0 Å². The third-order valence-electron chi connectivity index (χ3n) is 10.4. The summed E-state index contributed by atoms with van der Waals surface area (Å²) in [5.74, 6) is -6.26. The van der Waals surface area contributed by atoms with Crippen molar-refractivity contribution in [1.29, 1.82) is 0 Å². The summed E-state index contributed by atoms with van der Waals surface area (Å²) in [6.07, 6.45) is 5.33. The van der Waals surface area contributed by atoms with E-state index < -0.39 is 65.3 Å². The summed E-state index contributed by atoms with van der Waals surface area (Å²) >= 11 is 0. The summed E-state index contributed by atoms with van der Waals surface area (Å²) < 4.78 is 0. The summed E-state index contributed by atoms with van der Waals surface area (Å²) in [4.78, 5) is 97.4. The quantitative estimate of drug-likeness (QED) is 0.0631. The molecule has 0 saturated heterocycles. The van der Waals surface area contributed by atoms with E-state index in [0.29, 0.717) is 6.42 Å². The van der Waals surface area contributed by atoms with Crippen LogP contribution in [0, 0.1) is 5.92 Å². The molecule has 0 bridgehead atoms. The largest absolute Gasteiger partial charge is 0.480 e. The van der Waals surface area contributed by atoms with E-state index in [9.17, 15) is 38.4 Å². The predicted molar refractivity (Wildman–Crippen MR) is 233 cm³/mol. The van der Waals surface area contributed by atoms with Crippen molar-refractivity contribution in [1.82, 2.24) is 26.6 Å². The molecule has 1 aliphatic rings. The fourth-order valence-electron chi connectivity index (χ4n) is 7.34. The Morgan fingerprint density at radius 3 is 1.64 bits per heavy atom. The van der Waals surface area contributed by atoms with E-state index in [4.69, 9.17) is 20.8 Å². The zero-order valence-corrected chi connectivity index (χ0v) is 34.4. The number of hydrogen-bond donors (Lipinski definition) is 6. The molecule has 5 rings (SSSR count). The number of Topliss-reactive ketones (excluding diaryl/α,β-unsaturated/α-hetero) is 2. The number of aliphatic carboxylic acids is 1. The number of nitrogens with one attached hydrogen (secondary N) is 5. The van der Waals surface area contributed by atoms with E-state index in [0.717, 1.165) is 64.8 Å². The maximum atomic E-state index is 13.7. The maximum Gasteiger partial charge on any atom is 0.326 e. The Balaban J connectivity index is 0.000000357. The first-order chi connectivity index (χ1) is 29.1. The Kier molecular flexibility index (Phi) is 18.2. The van der Waals surface area contributed by atoms with Gasteiger partial charge in [0, 0.05) is 12.8 Å². The van der Waals surface area contributed by atoms with Crippen molar-refractivity contribution in [3.63, 3.8) is 0 Å². The van der Waals surface area contributed by atoms with Crippen molar-refractivity contribution >= 4 is 84.1 Å². The number of benzene rings is 4. The van der Waals surface area contributed by atoms with Gasteiger partial charge in [-0.2, -0.15) is 0 Å². The topological polar surface area (TPSA) is 217 Å². The Bertz CT molecular complexity index is 2230. The second kappa shape index (κ2) is 23.5. The maximum absolute atomic E-state index is 13.7. The number of carbonyl (C=O) groups excluding carboxylic acids is 7. The molecule has 1 saturated carbocycles. The average Bonchev–Trinajstić information content (AvgIpc) is 3.23. The highest BCUT2D eigenvalue weighted by Crippen LogP contribution is 2.27. The first-order valence-corrected chi connectivity index (χ1v) is 20.4. The second-order valence-corrected chi connectivity index (χ2v) is 15.2. The molecular weight excluding hydrogens is 776 g/mol. The summed E-state index contributed by atoms with van der Waals surface area (Å²) in [5.41, 5.74) is 1.60. The number of amides is 5. The van der Waals surface area contributed by atoms with Crippen LogP contribution < -0.4 is 26.6 Å².